The van der Waals surface area contributed by atoms with Crippen LogP contribution in [-0.2, 0) is 4.79 Å². The number of carbonyl (C=O) groups is 1. The van der Waals surface area contributed by atoms with Crippen molar-refractivity contribution in [1.82, 2.24) is 5.32 Å². The number of rotatable bonds is 6. The molecule has 2 N–H and O–H groups in total. The lowest BCUT2D eigenvalue weighted by molar-refractivity contribution is -0.119. The number of allylic oxidation sites excluding steroid dienone is 2. The Bertz CT molecular complexity index is 1040. The van der Waals surface area contributed by atoms with Gasteiger partial charge < -0.3 is 10.4 Å². The van der Waals surface area contributed by atoms with Gasteiger partial charge in [0.15, 0.2) is 0 Å². The molecule has 0 saturated carbocycles. The molecular formula is C25H25FN2O2. The number of hydrogen-bond donors (Lipinski definition) is 2. The van der Waals surface area contributed by atoms with Crippen LogP contribution in [0.2, 0.25) is 0 Å². The number of amides is 1. The van der Waals surface area contributed by atoms with E-state index in [4.69, 9.17) is 0 Å². The van der Waals surface area contributed by atoms with Crippen molar-refractivity contribution in [2.75, 3.05) is 13.2 Å². The number of nitrogens with one attached hydrogen (secondary N) is 1. The van der Waals surface area contributed by atoms with Crippen molar-refractivity contribution in [3.8, 4) is 11.1 Å². The Morgan fingerprint density at radius 1 is 1.27 bits per heavy atom. The molecule has 2 atom stereocenters. The van der Waals surface area contributed by atoms with Gasteiger partial charge in [-0.15, -0.1) is 0 Å². The number of aliphatic hydroxyl groups is 1. The van der Waals surface area contributed by atoms with Crippen molar-refractivity contribution < 1.29 is 14.3 Å². The largest absolute Gasteiger partial charge is 0.396 e. The molecule has 1 amide bonds. The maximum Gasteiger partial charge on any atom is 0.224 e. The second-order valence-corrected chi connectivity index (χ2v) is 7.85. The summed E-state index contributed by atoms with van der Waals surface area (Å²) in [5.74, 6) is -0.256. The summed E-state index contributed by atoms with van der Waals surface area (Å²) < 4.78 is 14.8. The van der Waals surface area contributed by atoms with E-state index in [1.807, 2.05) is 61.5 Å². The van der Waals surface area contributed by atoms with E-state index >= 15 is 0 Å². The first kappa shape index (κ1) is 20.2. The van der Waals surface area contributed by atoms with Gasteiger partial charge in [0.1, 0.15) is 5.82 Å². The Morgan fingerprint density at radius 2 is 2.07 bits per heavy atom. The topological polar surface area (TPSA) is 61.7 Å². The number of hydrogen-bond acceptors (Lipinski definition) is 3. The smallest absolute Gasteiger partial charge is 0.224 e. The zero-order valence-corrected chi connectivity index (χ0v) is 16.9. The Balaban J connectivity index is 1.51. The number of nitrogens with zero attached hydrogens (tertiary/aromatic N) is 1. The first-order valence-electron chi connectivity index (χ1n) is 10.3. The highest BCUT2D eigenvalue weighted by Crippen LogP contribution is 2.30. The minimum Gasteiger partial charge on any atom is -0.396 e. The maximum atomic E-state index is 14.8. The van der Waals surface area contributed by atoms with E-state index in [1.54, 1.807) is 6.07 Å². The molecule has 2 aliphatic rings. The number of aliphatic imine (C=N–C) groups is 1. The lowest BCUT2D eigenvalue weighted by Gasteiger charge is -2.13. The van der Waals surface area contributed by atoms with Gasteiger partial charge in [-0.1, -0.05) is 49.4 Å². The molecule has 1 fully saturated rings. The third-order valence-electron chi connectivity index (χ3n) is 5.77. The predicted molar refractivity (Wildman–Crippen MR) is 117 cm³/mol. The fraction of sp³-hybridized carbons (Fsp3) is 0.280. The first-order chi connectivity index (χ1) is 14.5. The van der Waals surface area contributed by atoms with Crippen LogP contribution >= 0.6 is 0 Å². The number of halogens is 1. The zero-order chi connectivity index (χ0) is 21.1. The second-order valence-electron chi connectivity index (χ2n) is 7.85. The van der Waals surface area contributed by atoms with Crippen LogP contribution < -0.4 is 5.32 Å². The highest BCUT2D eigenvalue weighted by atomic mass is 19.1. The molecule has 0 spiro atoms. The monoisotopic (exact) mass is 404 g/mol. The highest BCUT2D eigenvalue weighted by Gasteiger charge is 2.27. The molecule has 2 heterocycles. The number of aliphatic hydroxyl groups excluding tert-OH is 1. The third kappa shape index (κ3) is 4.26. The quantitative estimate of drug-likeness (QED) is 0.751. The van der Waals surface area contributed by atoms with Crippen molar-refractivity contribution in [3.63, 3.8) is 0 Å². The lowest BCUT2D eigenvalue weighted by Crippen LogP contribution is -2.13. The van der Waals surface area contributed by atoms with Crippen LogP contribution in [0.5, 0.6) is 0 Å². The molecule has 2 aromatic rings. The summed E-state index contributed by atoms with van der Waals surface area (Å²) in [5.41, 5.74) is 5.09. The van der Waals surface area contributed by atoms with E-state index in [0.29, 0.717) is 24.9 Å². The van der Waals surface area contributed by atoms with Crippen LogP contribution in [-0.4, -0.2) is 29.9 Å². The van der Waals surface area contributed by atoms with Crippen molar-refractivity contribution in [1.29, 1.82) is 0 Å². The van der Waals surface area contributed by atoms with Crippen molar-refractivity contribution in [2.45, 2.75) is 25.7 Å². The van der Waals surface area contributed by atoms with Crippen LogP contribution in [0, 0.1) is 11.7 Å². The lowest BCUT2D eigenvalue weighted by atomic mass is 9.93. The minimum absolute atomic E-state index is 0.0122. The molecule has 2 aliphatic heterocycles. The van der Waals surface area contributed by atoms with Crippen molar-refractivity contribution >= 4 is 11.6 Å². The summed E-state index contributed by atoms with van der Waals surface area (Å²) in [4.78, 5) is 16.3. The van der Waals surface area contributed by atoms with E-state index in [-0.39, 0.29) is 30.2 Å². The fourth-order valence-corrected chi connectivity index (χ4v) is 4.05. The summed E-state index contributed by atoms with van der Waals surface area (Å²) in [6, 6.07) is 14.9. The minimum atomic E-state index is -0.240. The van der Waals surface area contributed by atoms with Gasteiger partial charge in [-0.05, 0) is 41.3 Å². The first-order valence-corrected chi connectivity index (χ1v) is 10.3. The summed E-state index contributed by atoms with van der Waals surface area (Å²) in [5, 5.41) is 12.1. The molecule has 4 nitrogen and oxygen atoms in total. The molecule has 154 valence electrons. The molecule has 1 saturated heterocycles. The molecule has 0 bridgehead atoms. The summed E-state index contributed by atoms with van der Waals surface area (Å²) in [7, 11) is 0. The molecule has 0 aromatic heterocycles. The fourth-order valence-electron chi connectivity index (χ4n) is 4.05. The number of benzene rings is 2. The van der Waals surface area contributed by atoms with E-state index in [0.717, 1.165) is 28.1 Å². The summed E-state index contributed by atoms with van der Waals surface area (Å²) in [6.45, 7) is 2.61. The predicted octanol–water partition coefficient (Wildman–Crippen LogP) is 4.38. The molecule has 0 radical (unpaired) electrons. The van der Waals surface area contributed by atoms with Gasteiger partial charge in [0, 0.05) is 41.8 Å². The third-order valence-corrected chi connectivity index (χ3v) is 5.77. The Labute approximate surface area is 175 Å². The number of carbonyl (C=O) groups excluding carboxylic acids is 1. The van der Waals surface area contributed by atoms with Gasteiger partial charge in [0.25, 0.3) is 0 Å². The standard InChI is InChI=1S/C25H25FN2O2/c1-16(19-7-8-21(22(26)13-19)18-5-3-2-4-6-18)23-11-17(15-27-23)12-24-20(9-10-29)14-25(30)28-24/h2-8,11-13,16,20,29H,9-10,14-15H2,1H3,(H,28,30)/b24-12-. The van der Waals surface area contributed by atoms with Crippen LogP contribution in [0.3, 0.4) is 0 Å². The summed E-state index contributed by atoms with van der Waals surface area (Å²) in [6.07, 6.45) is 4.96. The van der Waals surface area contributed by atoms with Gasteiger partial charge in [-0.25, -0.2) is 4.39 Å². The van der Waals surface area contributed by atoms with Crippen LogP contribution in [0.25, 0.3) is 11.1 Å². The van der Waals surface area contributed by atoms with E-state index in [2.05, 4.69) is 10.3 Å². The second kappa shape index (κ2) is 8.76. The Morgan fingerprint density at radius 3 is 2.80 bits per heavy atom. The van der Waals surface area contributed by atoms with E-state index in [1.165, 1.54) is 0 Å². The van der Waals surface area contributed by atoms with E-state index < -0.39 is 0 Å². The zero-order valence-electron chi connectivity index (χ0n) is 16.9. The molecule has 4 rings (SSSR count). The Kier molecular flexibility index (Phi) is 5.91. The van der Waals surface area contributed by atoms with Gasteiger partial charge in [0.2, 0.25) is 5.91 Å². The Hall–Kier alpha value is -3.05. The molecule has 2 unspecified atom stereocenters. The van der Waals surface area contributed by atoms with Gasteiger partial charge in [0.05, 0.1) is 6.54 Å². The van der Waals surface area contributed by atoms with Crippen LogP contribution in [0.4, 0.5) is 4.39 Å². The van der Waals surface area contributed by atoms with Crippen LogP contribution in [0.1, 0.15) is 31.2 Å². The molecular weight excluding hydrogens is 379 g/mol. The normalized spacial score (nSPS) is 20.8. The van der Waals surface area contributed by atoms with Crippen molar-refractivity contribution in [3.05, 3.63) is 83.3 Å². The van der Waals surface area contributed by atoms with E-state index in [9.17, 15) is 14.3 Å². The van der Waals surface area contributed by atoms with Crippen LogP contribution in [0.15, 0.2) is 76.9 Å². The van der Waals surface area contributed by atoms with Crippen molar-refractivity contribution in [2.24, 2.45) is 10.9 Å². The molecule has 5 heteroatoms. The molecule has 30 heavy (non-hydrogen) atoms. The maximum absolute atomic E-state index is 14.8. The average molecular weight is 404 g/mol. The molecule has 2 aromatic carbocycles. The highest BCUT2D eigenvalue weighted by molar-refractivity contribution is 6.02. The van der Waals surface area contributed by atoms with Gasteiger partial charge in [-0.3, -0.25) is 9.79 Å². The molecule has 0 aliphatic carbocycles. The van der Waals surface area contributed by atoms with Gasteiger partial charge in [-0.2, -0.15) is 0 Å². The average Bonchev–Trinajstić information content (AvgIpc) is 3.35. The summed E-state index contributed by atoms with van der Waals surface area (Å²) >= 11 is 0. The SMILES string of the molecule is CC(C1=NCC(/C=C2\NC(=O)CC2CCO)=C1)c1ccc(-c2ccccc2)c(F)c1. The van der Waals surface area contributed by atoms with Gasteiger partial charge >= 0.3 is 0 Å².